The van der Waals surface area contributed by atoms with Crippen molar-refractivity contribution in [2.45, 2.75) is 18.9 Å². The van der Waals surface area contributed by atoms with Gasteiger partial charge in [-0.1, -0.05) is 0 Å². The van der Waals surface area contributed by atoms with Crippen molar-refractivity contribution >= 4 is 29.6 Å². The van der Waals surface area contributed by atoms with Crippen LogP contribution in [0.15, 0.2) is 24.3 Å². The standard InChI is InChI=1S/C13H14N2O5/c14-10(13(19)20)5-6-12(18)15-9-3-1-8(2-4-9)11(17)7-16/h1-4,7,10H,5-6,14H2,(H,15,18)(H,19,20)/t10-/m0/s1. The van der Waals surface area contributed by atoms with Gasteiger partial charge in [0, 0.05) is 17.7 Å². The van der Waals surface area contributed by atoms with E-state index in [1.807, 2.05) is 0 Å². The molecule has 0 heterocycles. The summed E-state index contributed by atoms with van der Waals surface area (Å²) in [5.41, 5.74) is 5.95. The van der Waals surface area contributed by atoms with Crippen LogP contribution in [0.4, 0.5) is 5.69 Å². The number of aliphatic carboxylic acids is 1. The summed E-state index contributed by atoms with van der Waals surface area (Å²) in [7, 11) is 0. The first-order chi connectivity index (χ1) is 9.43. The molecule has 1 amide bonds. The number of carboxylic acid groups (broad SMARTS) is 1. The van der Waals surface area contributed by atoms with Crippen molar-refractivity contribution in [3.63, 3.8) is 0 Å². The normalized spacial score (nSPS) is 11.4. The quantitative estimate of drug-likeness (QED) is 0.371. The number of hydrogen-bond acceptors (Lipinski definition) is 5. The molecule has 0 aliphatic carbocycles. The highest BCUT2D eigenvalue weighted by atomic mass is 16.4. The molecular weight excluding hydrogens is 264 g/mol. The molecule has 1 atom stereocenters. The van der Waals surface area contributed by atoms with Crippen LogP contribution in [-0.2, 0) is 14.4 Å². The van der Waals surface area contributed by atoms with E-state index < -0.39 is 17.8 Å². The summed E-state index contributed by atoms with van der Waals surface area (Å²) in [6.07, 6.45) is 0.215. The first kappa shape index (κ1) is 15.5. The molecule has 20 heavy (non-hydrogen) atoms. The van der Waals surface area contributed by atoms with E-state index in [0.717, 1.165) is 0 Å². The molecule has 0 radical (unpaired) electrons. The predicted molar refractivity (Wildman–Crippen MR) is 70.3 cm³/mol. The van der Waals surface area contributed by atoms with Crippen LogP contribution in [0.5, 0.6) is 0 Å². The maximum Gasteiger partial charge on any atom is 0.320 e. The van der Waals surface area contributed by atoms with Crippen molar-refractivity contribution in [3.05, 3.63) is 29.8 Å². The molecule has 7 nitrogen and oxygen atoms in total. The third-order valence-electron chi connectivity index (χ3n) is 2.56. The lowest BCUT2D eigenvalue weighted by Crippen LogP contribution is -2.31. The zero-order chi connectivity index (χ0) is 15.1. The Hall–Kier alpha value is -2.54. The number of aldehydes is 1. The molecule has 0 saturated heterocycles. The number of carbonyl (C=O) groups is 4. The van der Waals surface area contributed by atoms with Crippen LogP contribution in [0.2, 0.25) is 0 Å². The summed E-state index contributed by atoms with van der Waals surface area (Å²) in [6.45, 7) is 0. The van der Waals surface area contributed by atoms with E-state index in [-0.39, 0.29) is 30.6 Å². The fourth-order valence-electron chi connectivity index (χ4n) is 1.42. The van der Waals surface area contributed by atoms with E-state index in [2.05, 4.69) is 5.32 Å². The Bertz CT molecular complexity index is 524. The molecule has 7 heteroatoms. The summed E-state index contributed by atoms with van der Waals surface area (Å²) >= 11 is 0. The molecule has 0 unspecified atom stereocenters. The van der Waals surface area contributed by atoms with Crippen molar-refractivity contribution in [3.8, 4) is 0 Å². The van der Waals surface area contributed by atoms with Gasteiger partial charge in [0.1, 0.15) is 6.04 Å². The average molecular weight is 278 g/mol. The van der Waals surface area contributed by atoms with Gasteiger partial charge >= 0.3 is 5.97 Å². The minimum absolute atomic E-state index is 0.0253. The van der Waals surface area contributed by atoms with Crippen LogP contribution in [0, 0.1) is 0 Å². The largest absolute Gasteiger partial charge is 0.480 e. The van der Waals surface area contributed by atoms with Crippen molar-refractivity contribution in [1.29, 1.82) is 0 Å². The lowest BCUT2D eigenvalue weighted by atomic mass is 10.1. The highest BCUT2D eigenvalue weighted by molar-refractivity contribution is 6.33. The van der Waals surface area contributed by atoms with Gasteiger partial charge in [0.2, 0.25) is 11.7 Å². The molecule has 0 aromatic heterocycles. The molecule has 0 aliphatic rings. The monoisotopic (exact) mass is 278 g/mol. The lowest BCUT2D eigenvalue weighted by molar-refractivity contribution is -0.138. The molecule has 106 valence electrons. The summed E-state index contributed by atoms with van der Waals surface area (Å²) in [5.74, 6) is -2.18. The molecule has 0 aliphatic heterocycles. The summed E-state index contributed by atoms with van der Waals surface area (Å²) in [4.78, 5) is 43.4. The molecule has 0 fully saturated rings. The van der Waals surface area contributed by atoms with E-state index in [4.69, 9.17) is 10.8 Å². The van der Waals surface area contributed by atoms with E-state index in [1.54, 1.807) is 0 Å². The zero-order valence-electron chi connectivity index (χ0n) is 10.5. The van der Waals surface area contributed by atoms with Crippen LogP contribution in [0.25, 0.3) is 0 Å². The Morgan fingerprint density at radius 3 is 2.35 bits per heavy atom. The number of ketones is 1. The lowest BCUT2D eigenvalue weighted by Gasteiger charge is -2.07. The van der Waals surface area contributed by atoms with Crippen molar-refractivity contribution < 1.29 is 24.3 Å². The number of hydrogen-bond donors (Lipinski definition) is 3. The molecule has 4 N–H and O–H groups in total. The number of benzene rings is 1. The number of carbonyl (C=O) groups excluding carboxylic acids is 3. The number of carboxylic acids is 1. The van der Waals surface area contributed by atoms with Crippen LogP contribution in [-0.4, -0.2) is 35.1 Å². The number of amides is 1. The smallest absolute Gasteiger partial charge is 0.320 e. The highest BCUT2D eigenvalue weighted by Crippen LogP contribution is 2.10. The number of Topliss-reactive ketones (excluding diaryl/α,β-unsaturated/α-hetero) is 1. The van der Waals surface area contributed by atoms with E-state index in [9.17, 15) is 19.2 Å². The van der Waals surface area contributed by atoms with Gasteiger partial charge in [-0.25, -0.2) is 0 Å². The average Bonchev–Trinajstić information content (AvgIpc) is 2.44. The SMILES string of the molecule is N[C@@H](CCC(=O)Nc1ccc(C(=O)C=O)cc1)C(=O)O. The van der Waals surface area contributed by atoms with E-state index in [0.29, 0.717) is 5.69 Å². The molecule has 0 saturated carbocycles. The van der Waals surface area contributed by atoms with Gasteiger partial charge in [-0.2, -0.15) is 0 Å². The minimum Gasteiger partial charge on any atom is -0.480 e. The Labute approximate surface area is 114 Å². The third-order valence-corrected chi connectivity index (χ3v) is 2.56. The molecule has 1 aromatic carbocycles. The van der Waals surface area contributed by atoms with Gasteiger partial charge < -0.3 is 16.2 Å². The molecule has 0 spiro atoms. The van der Waals surface area contributed by atoms with Crippen LogP contribution >= 0.6 is 0 Å². The predicted octanol–water partition coefficient (Wildman–Crippen LogP) is 0.199. The Morgan fingerprint density at radius 2 is 1.85 bits per heavy atom. The van der Waals surface area contributed by atoms with Gasteiger partial charge in [-0.05, 0) is 30.7 Å². The third kappa shape index (κ3) is 4.62. The molecule has 0 bridgehead atoms. The van der Waals surface area contributed by atoms with Gasteiger partial charge in [0.15, 0.2) is 6.29 Å². The highest BCUT2D eigenvalue weighted by Gasteiger charge is 2.13. The van der Waals surface area contributed by atoms with E-state index in [1.165, 1.54) is 24.3 Å². The Morgan fingerprint density at radius 1 is 1.25 bits per heavy atom. The second-order valence-electron chi connectivity index (χ2n) is 4.09. The van der Waals surface area contributed by atoms with Crippen molar-refractivity contribution in [2.75, 3.05) is 5.32 Å². The minimum atomic E-state index is -1.16. The van der Waals surface area contributed by atoms with Crippen molar-refractivity contribution in [1.82, 2.24) is 0 Å². The number of nitrogens with one attached hydrogen (secondary N) is 1. The number of rotatable bonds is 7. The van der Waals surface area contributed by atoms with E-state index >= 15 is 0 Å². The first-order valence-corrected chi connectivity index (χ1v) is 5.82. The maximum atomic E-state index is 11.5. The van der Waals surface area contributed by atoms with Gasteiger partial charge in [-0.3, -0.25) is 19.2 Å². The molecular formula is C13H14N2O5. The summed E-state index contributed by atoms with van der Waals surface area (Å²) < 4.78 is 0. The van der Waals surface area contributed by atoms with Crippen LogP contribution in [0.3, 0.4) is 0 Å². The van der Waals surface area contributed by atoms with Gasteiger partial charge in [0.25, 0.3) is 0 Å². The fraction of sp³-hybridized carbons (Fsp3) is 0.231. The van der Waals surface area contributed by atoms with Gasteiger partial charge in [0.05, 0.1) is 0 Å². The van der Waals surface area contributed by atoms with Crippen molar-refractivity contribution in [2.24, 2.45) is 5.73 Å². The zero-order valence-corrected chi connectivity index (χ0v) is 10.5. The summed E-state index contributed by atoms with van der Waals surface area (Å²) in [6, 6.07) is 4.70. The second-order valence-corrected chi connectivity index (χ2v) is 4.09. The topological polar surface area (TPSA) is 127 Å². The Balaban J connectivity index is 2.52. The first-order valence-electron chi connectivity index (χ1n) is 5.82. The molecule has 1 aromatic rings. The maximum absolute atomic E-state index is 11.5. The second kappa shape index (κ2) is 7.15. The summed E-state index contributed by atoms with van der Waals surface area (Å²) in [5, 5.41) is 11.1. The Kier molecular flexibility index (Phi) is 5.55. The number of anilines is 1. The fourth-order valence-corrected chi connectivity index (χ4v) is 1.42. The van der Waals surface area contributed by atoms with Gasteiger partial charge in [-0.15, -0.1) is 0 Å². The van der Waals surface area contributed by atoms with Crippen LogP contribution in [0.1, 0.15) is 23.2 Å². The van der Waals surface area contributed by atoms with Crippen LogP contribution < -0.4 is 11.1 Å². The molecule has 1 rings (SSSR count). The number of nitrogens with two attached hydrogens (primary N) is 1.